The second-order valence-electron chi connectivity index (χ2n) is 10.2. The molecule has 1 aliphatic heterocycles. The summed E-state index contributed by atoms with van der Waals surface area (Å²) in [5, 5.41) is 3.26. The van der Waals surface area contributed by atoms with Gasteiger partial charge in [0.15, 0.2) is 0 Å². The Balaban J connectivity index is 1.27. The van der Waals surface area contributed by atoms with E-state index in [0.717, 1.165) is 66.7 Å². The number of fused-ring (bicyclic) bond motifs is 1. The molecule has 1 aromatic carbocycles. The van der Waals surface area contributed by atoms with Crippen LogP contribution in [0, 0.1) is 6.92 Å². The lowest BCUT2D eigenvalue weighted by Crippen LogP contribution is -2.48. The van der Waals surface area contributed by atoms with E-state index < -0.39 is 0 Å². The number of hydrogen-bond acceptors (Lipinski definition) is 7. The molecule has 1 aliphatic rings. The van der Waals surface area contributed by atoms with Crippen LogP contribution in [0.3, 0.4) is 0 Å². The van der Waals surface area contributed by atoms with Gasteiger partial charge in [0.1, 0.15) is 11.6 Å². The smallest absolute Gasteiger partial charge is 0.228 e. The summed E-state index contributed by atoms with van der Waals surface area (Å²) in [6, 6.07) is 13.3. The normalized spacial score (nSPS) is 15.3. The second kappa shape index (κ2) is 10.3. The van der Waals surface area contributed by atoms with Crippen molar-refractivity contribution in [2.75, 3.05) is 31.5 Å². The van der Waals surface area contributed by atoms with Gasteiger partial charge in [0, 0.05) is 62.8 Å². The average molecular weight is 485 g/mol. The van der Waals surface area contributed by atoms with Gasteiger partial charge in [-0.05, 0) is 64.4 Å². The van der Waals surface area contributed by atoms with Crippen molar-refractivity contribution in [1.82, 2.24) is 34.3 Å². The standard InChI is InChI=1S/C28H36N8/c1-19(2)35-14-12-34(13-15-35)18-22-6-9-27(30-17-22)33-28-29-11-10-24(32-28)23-7-8-25-26(16-23)36(20(3)4)21(5)31-25/h6-11,16-17,19-20H,12-15,18H2,1-5H3,(H,29,30,32,33). The van der Waals surface area contributed by atoms with E-state index in [1.807, 2.05) is 18.3 Å². The molecule has 5 rings (SSSR count). The number of pyridine rings is 1. The first-order valence-corrected chi connectivity index (χ1v) is 12.9. The highest BCUT2D eigenvalue weighted by Gasteiger charge is 2.19. The largest absolute Gasteiger partial charge is 0.326 e. The summed E-state index contributed by atoms with van der Waals surface area (Å²) in [6.07, 6.45) is 3.73. The van der Waals surface area contributed by atoms with Crippen molar-refractivity contribution >= 4 is 22.8 Å². The predicted octanol–water partition coefficient (Wildman–Crippen LogP) is 5.05. The number of benzene rings is 1. The molecule has 8 heteroatoms. The van der Waals surface area contributed by atoms with Gasteiger partial charge in [-0.15, -0.1) is 0 Å². The van der Waals surface area contributed by atoms with E-state index in [0.29, 0.717) is 18.0 Å². The number of anilines is 2. The number of nitrogens with one attached hydrogen (secondary N) is 1. The Morgan fingerprint density at radius 2 is 1.69 bits per heavy atom. The molecule has 36 heavy (non-hydrogen) atoms. The summed E-state index contributed by atoms with van der Waals surface area (Å²) in [7, 11) is 0. The molecular formula is C28H36N8. The zero-order valence-electron chi connectivity index (χ0n) is 21.9. The van der Waals surface area contributed by atoms with Crippen molar-refractivity contribution in [3.05, 3.63) is 60.2 Å². The molecule has 1 N–H and O–H groups in total. The Morgan fingerprint density at radius 3 is 2.39 bits per heavy atom. The molecule has 0 bridgehead atoms. The third-order valence-electron chi connectivity index (χ3n) is 6.94. The molecule has 188 valence electrons. The molecule has 0 aliphatic carbocycles. The second-order valence-corrected chi connectivity index (χ2v) is 10.2. The van der Waals surface area contributed by atoms with E-state index >= 15 is 0 Å². The highest BCUT2D eigenvalue weighted by molar-refractivity contribution is 5.82. The predicted molar refractivity (Wildman–Crippen MR) is 145 cm³/mol. The molecule has 8 nitrogen and oxygen atoms in total. The fourth-order valence-corrected chi connectivity index (χ4v) is 5.01. The Hall–Kier alpha value is -3.36. The minimum Gasteiger partial charge on any atom is -0.326 e. The molecule has 0 unspecified atom stereocenters. The minimum atomic E-state index is 0.339. The Bertz CT molecular complexity index is 1320. The maximum atomic E-state index is 4.76. The van der Waals surface area contributed by atoms with E-state index in [9.17, 15) is 0 Å². The zero-order chi connectivity index (χ0) is 25.2. The number of nitrogens with zero attached hydrogens (tertiary/aromatic N) is 7. The third-order valence-corrected chi connectivity index (χ3v) is 6.94. The average Bonchev–Trinajstić information content (AvgIpc) is 3.21. The molecule has 0 radical (unpaired) electrons. The van der Waals surface area contributed by atoms with Crippen LogP contribution in [0.2, 0.25) is 0 Å². The van der Waals surface area contributed by atoms with Crippen LogP contribution in [0.4, 0.5) is 11.8 Å². The van der Waals surface area contributed by atoms with Crippen molar-refractivity contribution in [3.8, 4) is 11.3 Å². The summed E-state index contributed by atoms with van der Waals surface area (Å²) >= 11 is 0. The molecule has 3 aromatic heterocycles. The number of piperazine rings is 1. The van der Waals surface area contributed by atoms with Crippen LogP contribution < -0.4 is 5.32 Å². The molecular weight excluding hydrogens is 448 g/mol. The van der Waals surface area contributed by atoms with Crippen LogP contribution in [0.25, 0.3) is 22.3 Å². The number of hydrogen-bond donors (Lipinski definition) is 1. The summed E-state index contributed by atoms with van der Waals surface area (Å²) < 4.78 is 2.26. The van der Waals surface area contributed by atoms with Gasteiger partial charge in [-0.25, -0.2) is 19.9 Å². The van der Waals surface area contributed by atoms with Gasteiger partial charge < -0.3 is 9.88 Å². The van der Waals surface area contributed by atoms with E-state index in [4.69, 9.17) is 9.97 Å². The Kier molecular flexibility index (Phi) is 6.98. The molecule has 1 fully saturated rings. The van der Waals surface area contributed by atoms with Gasteiger partial charge in [0.2, 0.25) is 5.95 Å². The van der Waals surface area contributed by atoms with Crippen LogP contribution in [0.5, 0.6) is 0 Å². The number of rotatable bonds is 7. The van der Waals surface area contributed by atoms with E-state index in [1.54, 1.807) is 6.20 Å². The van der Waals surface area contributed by atoms with Crippen molar-refractivity contribution < 1.29 is 0 Å². The Labute approximate surface area is 213 Å². The molecule has 0 saturated carbocycles. The lowest BCUT2D eigenvalue weighted by molar-refractivity contribution is 0.104. The summed E-state index contributed by atoms with van der Waals surface area (Å²) in [5.41, 5.74) is 5.24. The fraction of sp³-hybridized carbons (Fsp3) is 0.429. The number of aryl methyl sites for hydroxylation is 1. The van der Waals surface area contributed by atoms with E-state index in [2.05, 4.69) is 88.5 Å². The van der Waals surface area contributed by atoms with Crippen molar-refractivity contribution in [2.45, 2.75) is 53.2 Å². The van der Waals surface area contributed by atoms with Crippen LogP contribution in [-0.2, 0) is 6.54 Å². The molecule has 0 amide bonds. The number of aromatic nitrogens is 5. The summed E-state index contributed by atoms with van der Waals surface area (Å²) in [4.78, 5) is 23.5. The maximum absolute atomic E-state index is 4.76. The van der Waals surface area contributed by atoms with Crippen molar-refractivity contribution in [2.24, 2.45) is 0 Å². The summed E-state index contributed by atoms with van der Waals surface area (Å²) in [5.74, 6) is 2.30. The quantitative estimate of drug-likeness (QED) is 0.393. The van der Waals surface area contributed by atoms with Gasteiger partial charge in [-0.3, -0.25) is 9.80 Å². The van der Waals surface area contributed by atoms with Gasteiger partial charge in [-0.2, -0.15) is 0 Å². The minimum absolute atomic E-state index is 0.339. The first kappa shape index (κ1) is 24.3. The van der Waals surface area contributed by atoms with Crippen LogP contribution in [0.15, 0.2) is 48.8 Å². The third kappa shape index (κ3) is 5.24. The first-order chi connectivity index (χ1) is 17.4. The number of imidazole rings is 1. The Morgan fingerprint density at radius 1 is 0.889 bits per heavy atom. The van der Waals surface area contributed by atoms with Gasteiger partial charge in [0.05, 0.1) is 16.7 Å². The molecule has 4 heterocycles. The highest BCUT2D eigenvalue weighted by Crippen LogP contribution is 2.27. The lowest BCUT2D eigenvalue weighted by atomic mass is 10.1. The zero-order valence-corrected chi connectivity index (χ0v) is 21.9. The van der Waals surface area contributed by atoms with Crippen molar-refractivity contribution in [1.29, 1.82) is 0 Å². The molecule has 4 aromatic rings. The van der Waals surface area contributed by atoms with Crippen LogP contribution in [0.1, 0.15) is 45.1 Å². The maximum Gasteiger partial charge on any atom is 0.228 e. The highest BCUT2D eigenvalue weighted by atomic mass is 15.3. The van der Waals surface area contributed by atoms with Gasteiger partial charge in [-0.1, -0.05) is 12.1 Å². The summed E-state index contributed by atoms with van der Waals surface area (Å²) in [6.45, 7) is 16.3. The molecule has 0 atom stereocenters. The van der Waals surface area contributed by atoms with Crippen LogP contribution >= 0.6 is 0 Å². The van der Waals surface area contributed by atoms with E-state index in [-0.39, 0.29) is 0 Å². The van der Waals surface area contributed by atoms with Gasteiger partial charge in [0.25, 0.3) is 0 Å². The molecule has 1 saturated heterocycles. The SMILES string of the molecule is Cc1nc2ccc(-c3ccnc(Nc4ccc(CN5CCN(C(C)C)CC5)cn4)n3)cc2n1C(C)C. The first-order valence-electron chi connectivity index (χ1n) is 12.9. The monoisotopic (exact) mass is 484 g/mol. The van der Waals surface area contributed by atoms with Gasteiger partial charge >= 0.3 is 0 Å². The van der Waals surface area contributed by atoms with E-state index in [1.165, 1.54) is 5.56 Å². The lowest BCUT2D eigenvalue weighted by Gasteiger charge is -2.36. The fourth-order valence-electron chi connectivity index (χ4n) is 5.01. The van der Waals surface area contributed by atoms with Crippen molar-refractivity contribution in [3.63, 3.8) is 0 Å². The molecule has 0 spiro atoms. The topological polar surface area (TPSA) is 75.0 Å². The van der Waals surface area contributed by atoms with Crippen LogP contribution in [-0.4, -0.2) is 66.5 Å².